The number of halogens is 1. The van der Waals surface area contributed by atoms with Crippen LogP contribution < -0.4 is 10.0 Å². The minimum atomic E-state index is -3.62. The van der Waals surface area contributed by atoms with Gasteiger partial charge in [-0.15, -0.1) is 0 Å². The first-order valence-corrected chi connectivity index (χ1v) is 13.9. The number of amides is 1. The largest absolute Gasteiger partial charge is 0.465 e. The normalized spacial score (nSPS) is 13.0. The van der Waals surface area contributed by atoms with E-state index in [4.69, 9.17) is 4.74 Å². The Hall–Kier alpha value is -2.94. The van der Waals surface area contributed by atoms with Crippen LogP contribution in [0.1, 0.15) is 58.6 Å². The molecule has 0 bridgehead atoms. The van der Waals surface area contributed by atoms with Gasteiger partial charge in [0.2, 0.25) is 15.9 Å². The Labute approximate surface area is 214 Å². The van der Waals surface area contributed by atoms with Crippen molar-refractivity contribution in [2.75, 3.05) is 24.1 Å². The molecule has 36 heavy (non-hydrogen) atoms. The highest BCUT2D eigenvalue weighted by molar-refractivity contribution is 7.92. The lowest BCUT2D eigenvalue weighted by Crippen LogP contribution is -2.36. The molecule has 0 aliphatic heterocycles. The van der Waals surface area contributed by atoms with E-state index in [9.17, 15) is 22.4 Å². The lowest BCUT2D eigenvalue weighted by Gasteiger charge is -2.22. The zero-order valence-corrected chi connectivity index (χ0v) is 23.0. The van der Waals surface area contributed by atoms with E-state index in [1.807, 2.05) is 44.2 Å². The summed E-state index contributed by atoms with van der Waals surface area (Å²) in [4.78, 5) is 25.0. The number of sulfonamides is 1. The molecular weight excluding hydrogens is 483 g/mol. The fraction of sp³-hybridized carbons (Fsp3) is 0.481. The van der Waals surface area contributed by atoms with Crippen molar-refractivity contribution in [3.05, 3.63) is 65.5 Å². The lowest BCUT2D eigenvalue weighted by atomic mass is 9.96. The monoisotopic (exact) mass is 522 g/mol. The van der Waals surface area contributed by atoms with Gasteiger partial charge in [0.25, 0.3) is 0 Å². The van der Waals surface area contributed by atoms with E-state index in [0.29, 0.717) is 12.0 Å². The van der Waals surface area contributed by atoms with Gasteiger partial charge in [-0.1, -0.05) is 50.2 Å². The van der Waals surface area contributed by atoms with E-state index >= 15 is 0 Å². The molecule has 2 atom stereocenters. The molecule has 2 N–H and O–H groups in total. The molecule has 0 fully saturated rings. The smallest absolute Gasteiger partial charge is 0.311 e. The maximum absolute atomic E-state index is 14.3. The van der Waals surface area contributed by atoms with Crippen LogP contribution in [-0.4, -0.2) is 39.7 Å². The van der Waals surface area contributed by atoms with Crippen LogP contribution in [0.15, 0.2) is 48.5 Å². The number of hydrogen-bond acceptors (Lipinski definition) is 5. The number of esters is 1. The second kappa shape index (κ2) is 14.0. The Balaban J connectivity index is 0.00000316. The van der Waals surface area contributed by atoms with Gasteiger partial charge >= 0.3 is 5.97 Å². The van der Waals surface area contributed by atoms with Gasteiger partial charge in [-0.3, -0.25) is 14.3 Å². The highest BCUT2D eigenvalue weighted by atomic mass is 32.2. The minimum Gasteiger partial charge on any atom is -0.465 e. The number of ether oxygens (including phenoxy) is 1. The summed E-state index contributed by atoms with van der Waals surface area (Å²) in [5.41, 5.74) is 0.657. The van der Waals surface area contributed by atoms with Gasteiger partial charge in [0.15, 0.2) is 0 Å². The Kier molecular flexibility index (Phi) is 12.1. The van der Waals surface area contributed by atoms with Crippen LogP contribution in [0.5, 0.6) is 0 Å². The first-order chi connectivity index (χ1) is 16.8. The predicted molar refractivity (Wildman–Crippen MR) is 142 cm³/mol. The summed E-state index contributed by atoms with van der Waals surface area (Å²) < 4.78 is 44.6. The third-order valence-corrected chi connectivity index (χ3v) is 5.77. The number of carbonyl (C=O) groups is 2. The number of carbonyl (C=O) groups excluding carboxylic acids is 2. The zero-order valence-electron chi connectivity index (χ0n) is 22.2. The van der Waals surface area contributed by atoms with E-state index in [1.165, 1.54) is 12.1 Å². The zero-order chi connectivity index (χ0) is 27.5. The van der Waals surface area contributed by atoms with Crippen molar-refractivity contribution in [3.63, 3.8) is 0 Å². The van der Waals surface area contributed by atoms with Crippen molar-refractivity contribution >= 4 is 27.6 Å². The van der Waals surface area contributed by atoms with Gasteiger partial charge < -0.3 is 10.1 Å². The molecule has 2 aromatic rings. The summed E-state index contributed by atoms with van der Waals surface area (Å²) in [6.45, 7) is 11.4. The molecule has 7 nitrogen and oxygen atoms in total. The first-order valence-electron chi connectivity index (χ1n) is 12.0. The molecule has 0 radical (unpaired) electrons. The van der Waals surface area contributed by atoms with Gasteiger partial charge in [-0.2, -0.15) is 0 Å². The Morgan fingerprint density at radius 1 is 1.06 bits per heavy atom. The Morgan fingerprint density at radius 2 is 1.67 bits per heavy atom. The number of rotatable bonds is 10. The topological polar surface area (TPSA) is 102 Å². The van der Waals surface area contributed by atoms with E-state index in [2.05, 4.69) is 10.0 Å². The van der Waals surface area contributed by atoms with Crippen LogP contribution in [0.3, 0.4) is 0 Å². The Bertz CT molecular complexity index is 1100. The molecule has 0 aliphatic rings. The molecule has 0 saturated carbocycles. The third-order valence-electron chi connectivity index (χ3n) is 5.18. The maximum Gasteiger partial charge on any atom is 0.311 e. The second-order valence-corrected chi connectivity index (χ2v) is 11.2. The van der Waals surface area contributed by atoms with E-state index in [1.54, 1.807) is 27.7 Å². The van der Waals surface area contributed by atoms with Crippen LogP contribution in [-0.2, 0) is 30.8 Å². The molecule has 0 aliphatic carbocycles. The molecule has 9 heteroatoms. The van der Waals surface area contributed by atoms with Crippen molar-refractivity contribution < 1.29 is 27.1 Å². The van der Waals surface area contributed by atoms with Crippen molar-refractivity contribution in [1.29, 1.82) is 0 Å². The van der Waals surface area contributed by atoms with Gasteiger partial charge in [0.05, 0.1) is 29.9 Å². The second-order valence-electron chi connectivity index (χ2n) is 9.48. The van der Waals surface area contributed by atoms with Crippen molar-refractivity contribution in [1.82, 2.24) is 5.32 Å². The fourth-order valence-corrected chi connectivity index (χ4v) is 3.75. The van der Waals surface area contributed by atoms with Gasteiger partial charge in [0.1, 0.15) is 5.82 Å². The van der Waals surface area contributed by atoms with E-state index in [0.717, 1.165) is 17.9 Å². The van der Waals surface area contributed by atoms with E-state index < -0.39 is 27.2 Å². The predicted octanol–water partition coefficient (Wildman–Crippen LogP) is 4.89. The molecule has 1 unspecified atom stereocenters. The number of benzene rings is 2. The summed E-state index contributed by atoms with van der Waals surface area (Å²) in [5, 5.41) is 2.87. The molecule has 1 amide bonds. The maximum atomic E-state index is 14.3. The molecule has 0 spiro atoms. The molecule has 2 rings (SSSR count). The molecule has 200 valence electrons. The molecule has 0 saturated heterocycles. The number of hydrogen-bond donors (Lipinski definition) is 2. The summed E-state index contributed by atoms with van der Waals surface area (Å²) in [6.07, 6.45) is 1.54. The van der Waals surface area contributed by atoms with Gasteiger partial charge in [-0.25, -0.2) is 12.8 Å². The van der Waals surface area contributed by atoms with Crippen LogP contribution >= 0.6 is 0 Å². The van der Waals surface area contributed by atoms with Gasteiger partial charge in [-0.05, 0) is 57.4 Å². The molecule has 2 aromatic carbocycles. The summed E-state index contributed by atoms with van der Waals surface area (Å²) in [6, 6.07) is 13.6. The number of nitrogens with one attached hydrogen (secondary N) is 2. The SMILES string of the molecule is CC.C[C@H](C(=O)NCC(COC(=O)C(C)(C)C)Cc1ccccc1)c1ccc(NS(C)(=O)=O)c(F)c1. The quantitative estimate of drug-likeness (QED) is 0.433. The first kappa shape index (κ1) is 31.1. The van der Waals surface area contributed by atoms with E-state index in [-0.39, 0.29) is 36.6 Å². The van der Waals surface area contributed by atoms with Crippen LogP contribution in [0.4, 0.5) is 10.1 Å². The van der Waals surface area contributed by atoms with Crippen LogP contribution in [0, 0.1) is 17.2 Å². The molecule has 0 aromatic heterocycles. The standard InChI is InChI=1S/C25H33FN2O5S.C2H6/c1-17(20-11-12-22(21(26)14-20)28-34(5,31)32)23(29)27-15-19(13-18-9-7-6-8-10-18)16-33-24(30)25(2,3)4;1-2/h6-12,14,17,19,28H,13,15-16H2,1-5H3,(H,27,29);1-2H3/t17-,19?;/m0./s1. The highest BCUT2D eigenvalue weighted by Gasteiger charge is 2.25. The summed E-state index contributed by atoms with van der Waals surface area (Å²) in [5.74, 6) is -2.22. The highest BCUT2D eigenvalue weighted by Crippen LogP contribution is 2.23. The van der Waals surface area contributed by atoms with Crippen molar-refractivity contribution in [2.24, 2.45) is 11.3 Å². The molecular formula is C27H39FN2O5S. The Morgan fingerprint density at radius 3 is 2.19 bits per heavy atom. The average Bonchev–Trinajstić information content (AvgIpc) is 2.81. The third kappa shape index (κ3) is 10.8. The number of anilines is 1. The summed E-state index contributed by atoms with van der Waals surface area (Å²) >= 11 is 0. The summed E-state index contributed by atoms with van der Waals surface area (Å²) in [7, 11) is -3.62. The minimum absolute atomic E-state index is 0.150. The van der Waals surface area contributed by atoms with Crippen LogP contribution in [0.25, 0.3) is 0 Å². The lowest BCUT2D eigenvalue weighted by molar-refractivity contribution is -0.154. The van der Waals surface area contributed by atoms with Crippen LogP contribution in [0.2, 0.25) is 0 Å². The molecule has 0 heterocycles. The fourth-order valence-electron chi connectivity index (χ4n) is 3.18. The van der Waals surface area contributed by atoms with Crippen molar-refractivity contribution in [2.45, 2.75) is 53.9 Å². The average molecular weight is 523 g/mol. The van der Waals surface area contributed by atoms with Crippen molar-refractivity contribution in [3.8, 4) is 0 Å². The van der Waals surface area contributed by atoms with Gasteiger partial charge in [0, 0.05) is 12.5 Å².